The van der Waals surface area contributed by atoms with E-state index in [4.69, 9.17) is 4.74 Å². The maximum absolute atomic E-state index is 5.25. The molecule has 0 fully saturated rings. The average Bonchev–Trinajstić information content (AvgIpc) is 2.28. The molecule has 6 heteroatoms. The minimum Gasteiger partial charge on any atom is -0.389 e. The van der Waals surface area contributed by atoms with E-state index < -0.39 is 7.32 Å². The molecule has 0 spiro atoms. The molecule has 98 valence electrons. The predicted molar refractivity (Wildman–Crippen MR) is 66.4 cm³/mol. The van der Waals surface area contributed by atoms with E-state index in [-0.39, 0.29) is 0 Å². The number of nitrogens with zero attached hydrogens (tertiary/aromatic N) is 1. The fraction of sp³-hybridized carbons (Fsp3) is 1.00. The van der Waals surface area contributed by atoms with Crippen molar-refractivity contribution >= 4 is 7.32 Å². The molecule has 0 heterocycles. The molecular weight excluding hydrogens is 209 g/mol. The highest BCUT2D eigenvalue weighted by molar-refractivity contribution is 6.36. The van der Waals surface area contributed by atoms with Gasteiger partial charge in [0, 0.05) is 34.5 Å². The van der Waals surface area contributed by atoms with Gasteiger partial charge in [0.2, 0.25) is 0 Å². The summed E-state index contributed by atoms with van der Waals surface area (Å²) < 4.78 is 19.1. The number of hydrogen-bond donors (Lipinski definition) is 0. The number of rotatable bonds is 8. The van der Waals surface area contributed by atoms with E-state index in [9.17, 15) is 0 Å². The van der Waals surface area contributed by atoms with Gasteiger partial charge in [0.05, 0.1) is 6.61 Å². The average molecular weight is 235 g/mol. The second kappa shape index (κ2) is 14.9. The van der Waals surface area contributed by atoms with Gasteiger partial charge in [-0.15, -0.1) is 0 Å². The van der Waals surface area contributed by atoms with E-state index >= 15 is 0 Å². The Bertz CT molecular complexity index is 118. The fourth-order valence-electron chi connectivity index (χ4n) is 0.782. The third-order valence-corrected chi connectivity index (χ3v) is 1.61. The molecule has 5 nitrogen and oxygen atoms in total. The van der Waals surface area contributed by atoms with Gasteiger partial charge in [0.25, 0.3) is 0 Å². The molecular formula is C10H26BNO4. The summed E-state index contributed by atoms with van der Waals surface area (Å²) in [7, 11) is 8.12. The quantitative estimate of drug-likeness (QED) is 0.461. The lowest BCUT2D eigenvalue weighted by atomic mass is 10.2. The lowest BCUT2D eigenvalue weighted by Gasteiger charge is -2.08. The Kier molecular flexibility index (Phi) is 16.9. The molecule has 0 saturated carbocycles. The van der Waals surface area contributed by atoms with Crippen LogP contribution in [-0.2, 0) is 18.7 Å². The van der Waals surface area contributed by atoms with Crippen LogP contribution < -0.4 is 0 Å². The van der Waals surface area contributed by atoms with Gasteiger partial charge in [-0.2, -0.15) is 0 Å². The Labute approximate surface area is 100 Å². The number of hydrogen-bond acceptors (Lipinski definition) is 5. The molecule has 0 aromatic heterocycles. The van der Waals surface area contributed by atoms with Gasteiger partial charge in [-0.1, -0.05) is 6.92 Å². The van der Waals surface area contributed by atoms with E-state index in [0.29, 0.717) is 0 Å². The molecule has 0 saturated heterocycles. The molecule has 0 aliphatic rings. The van der Waals surface area contributed by atoms with E-state index in [0.717, 1.165) is 26.2 Å². The summed E-state index contributed by atoms with van der Waals surface area (Å²) in [6, 6.07) is 0. The second-order valence-corrected chi connectivity index (χ2v) is 3.41. The first kappa shape index (κ1) is 18.2. The molecule has 0 atom stereocenters. The minimum absolute atomic E-state index is 0.514. The molecule has 0 aromatic rings. The van der Waals surface area contributed by atoms with E-state index in [1.165, 1.54) is 21.3 Å². The van der Waals surface area contributed by atoms with Gasteiger partial charge >= 0.3 is 7.32 Å². The van der Waals surface area contributed by atoms with Gasteiger partial charge in [0.15, 0.2) is 0 Å². The largest absolute Gasteiger partial charge is 0.638 e. The molecule has 0 aliphatic heterocycles. The van der Waals surface area contributed by atoms with E-state index in [1.54, 1.807) is 0 Å². The van der Waals surface area contributed by atoms with Crippen LogP contribution in [-0.4, -0.2) is 67.4 Å². The van der Waals surface area contributed by atoms with E-state index in [2.05, 4.69) is 39.9 Å². The van der Waals surface area contributed by atoms with Crippen molar-refractivity contribution in [1.29, 1.82) is 0 Å². The molecule has 0 unspecified atom stereocenters. The molecule has 16 heavy (non-hydrogen) atoms. The molecule has 0 rings (SSSR count). The van der Waals surface area contributed by atoms with Crippen LogP contribution in [0.3, 0.4) is 0 Å². The Hall–Kier alpha value is -0.135. The topological polar surface area (TPSA) is 40.2 Å². The van der Waals surface area contributed by atoms with Crippen LogP contribution in [0.25, 0.3) is 0 Å². The van der Waals surface area contributed by atoms with Gasteiger partial charge in [-0.25, -0.2) is 0 Å². The Morgan fingerprint density at radius 2 is 1.44 bits per heavy atom. The Morgan fingerprint density at radius 1 is 0.938 bits per heavy atom. The summed E-state index contributed by atoms with van der Waals surface area (Å²) in [5.41, 5.74) is 0. The second-order valence-electron chi connectivity index (χ2n) is 3.41. The smallest absolute Gasteiger partial charge is 0.389 e. The van der Waals surface area contributed by atoms with Crippen LogP contribution in [0.1, 0.15) is 13.3 Å². The molecule has 0 bridgehead atoms. The molecule has 0 amide bonds. The maximum atomic E-state index is 5.25. The van der Waals surface area contributed by atoms with Crippen LogP contribution in [0, 0.1) is 0 Å². The van der Waals surface area contributed by atoms with Crippen molar-refractivity contribution in [2.45, 2.75) is 13.3 Å². The lowest BCUT2D eigenvalue weighted by molar-refractivity contribution is 0.118. The Balaban J connectivity index is 0. The van der Waals surface area contributed by atoms with Gasteiger partial charge in [-0.3, -0.25) is 0 Å². The third kappa shape index (κ3) is 16.3. The standard InChI is InChI=1S/C7H17NO.C3H9BO3/c1-4-6-9-7-5-8(2)3;1-5-4(6-2)7-3/h4-7H2,1-3H3;1-3H3. The summed E-state index contributed by atoms with van der Waals surface area (Å²) >= 11 is 0. The van der Waals surface area contributed by atoms with Crippen molar-refractivity contribution in [3.8, 4) is 0 Å². The number of ether oxygens (including phenoxy) is 1. The van der Waals surface area contributed by atoms with Crippen LogP contribution in [0.15, 0.2) is 0 Å². The van der Waals surface area contributed by atoms with Crippen molar-refractivity contribution in [2.75, 3.05) is 55.2 Å². The summed E-state index contributed by atoms with van der Waals surface area (Å²) in [4.78, 5) is 2.12. The number of likely N-dealkylation sites (N-methyl/N-ethyl adjacent to an activating group) is 1. The Morgan fingerprint density at radius 3 is 1.69 bits per heavy atom. The van der Waals surface area contributed by atoms with Crippen LogP contribution in [0.4, 0.5) is 0 Å². The maximum Gasteiger partial charge on any atom is 0.638 e. The van der Waals surface area contributed by atoms with Crippen molar-refractivity contribution in [2.24, 2.45) is 0 Å². The zero-order valence-corrected chi connectivity index (χ0v) is 11.5. The fourth-order valence-corrected chi connectivity index (χ4v) is 0.782. The van der Waals surface area contributed by atoms with Crippen LogP contribution >= 0.6 is 0 Å². The first-order chi connectivity index (χ1) is 7.62. The van der Waals surface area contributed by atoms with Crippen molar-refractivity contribution in [3.05, 3.63) is 0 Å². The summed E-state index contributed by atoms with van der Waals surface area (Å²) in [6.45, 7) is 4.91. The normalized spacial score (nSPS) is 9.94. The highest BCUT2D eigenvalue weighted by Crippen LogP contribution is 1.81. The summed E-state index contributed by atoms with van der Waals surface area (Å²) in [5, 5.41) is 0. The monoisotopic (exact) mass is 235 g/mol. The lowest BCUT2D eigenvalue weighted by Crippen LogP contribution is -2.21. The molecule has 0 aromatic carbocycles. The van der Waals surface area contributed by atoms with Gasteiger partial charge < -0.3 is 23.6 Å². The molecule has 0 aliphatic carbocycles. The zero-order valence-electron chi connectivity index (χ0n) is 11.5. The minimum atomic E-state index is -0.514. The van der Waals surface area contributed by atoms with Crippen molar-refractivity contribution in [3.63, 3.8) is 0 Å². The zero-order chi connectivity index (χ0) is 12.8. The van der Waals surface area contributed by atoms with Crippen molar-refractivity contribution in [1.82, 2.24) is 4.90 Å². The summed E-state index contributed by atoms with van der Waals surface area (Å²) in [6.07, 6.45) is 1.12. The van der Waals surface area contributed by atoms with Gasteiger partial charge in [0.1, 0.15) is 0 Å². The highest BCUT2D eigenvalue weighted by atomic mass is 16.7. The molecule has 0 N–H and O–H groups in total. The van der Waals surface area contributed by atoms with Crippen LogP contribution in [0.2, 0.25) is 0 Å². The predicted octanol–water partition coefficient (Wildman–Crippen LogP) is 0.885. The first-order valence-electron chi connectivity index (χ1n) is 5.43. The highest BCUT2D eigenvalue weighted by Gasteiger charge is 2.12. The van der Waals surface area contributed by atoms with Crippen molar-refractivity contribution < 1.29 is 18.7 Å². The molecule has 0 radical (unpaired) electrons. The van der Waals surface area contributed by atoms with Gasteiger partial charge in [-0.05, 0) is 20.5 Å². The van der Waals surface area contributed by atoms with E-state index in [1.807, 2.05) is 0 Å². The van der Waals surface area contributed by atoms with Crippen LogP contribution in [0.5, 0.6) is 0 Å². The summed E-state index contributed by atoms with van der Waals surface area (Å²) in [5.74, 6) is 0. The first-order valence-corrected chi connectivity index (χ1v) is 5.43. The SMILES string of the molecule is CCCOCCN(C)C.COB(OC)OC. The third-order valence-electron chi connectivity index (χ3n) is 1.61.